The Morgan fingerprint density at radius 1 is 1.73 bits per heavy atom. The summed E-state index contributed by atoms with van der Waals surface area (Å²) in [4.78, 5) is 13.9. The van der Waals surface area contributed by atoms with Crippen LogP contribution in [-0.2, 0) is 4.74 Å². The minimum atomic E-state index is -0.635. The molecule has 1 amide bonds. The van der Waals surface area contributed by atoms with Gasteiger partial charge in [-0.15, -0.1) is 11.3 Å². The van der Waals surface area contributed by atoms with Crippen molar-refractivity contribution in [3.05, 3.63) is 22.4 Å². The van der Waals surface area contributed by atoms with Crippen LogP contribution in [0.3, 0.4) is 0 Å². The molecule has 1 aromatic heterocycles. The number of amides is 1. The molecule has 0 saturated carbocycles. The van der Waals surface area contributed by atoms with E-state index in [9.17, 15) is 9.90 Å². The first-order valence-corrected chi connectivity index (χ1v) is 5.49. The topological polar surface area (TPSA) is 49.8 Å². The van der Waals surface area contributed by atoms with Gasteiger partial charge in [0.1, 0.15) is 0 Å². The molecule has 0 radical (unpaired) electrons. The van der Waals surface area contributed by atoms with Gasteiger partial charge in [-0.05, 0) is 11.4 Å². The van der Waals surface area contributed by atoms with E-state index in [1.165, 1.54) is 23.3 Å². The number of rotatable bonds is 5. The molecular weight excluding hydrogens is 214 g/mol. The molecule has 0 fully saturated rings. The lowest BCUT2D eigenvalue weighted by Crippen LogP contribution is -2.35. The van der Waals surface area contributed by atoms with Crippen molar-refractivity contribution in [3.8, 4) is 0 Å². The Balaban J connectivity index is 2.47. The molecule has 1 unspecified atom stereocenters. The highest BCUT2D eigenvalue weighted by atomic mass is 32.1. The van der Waals surface area contributed by atoms with E-state index in [1.54, 1.807) is 13.1 Å². The Morgan fingerprint density at radius 2 is 2.47 bits per heavy atom. The van der Waals surface area contributed by atoms with Gasteiger partial charge in [0.25, 0.3) is 5.91 Å². The van der Waals surface area contributed by atoms with Crippen molar-refractivity contribution < 1.29 is 14.6 Å². The third-order valence-corrected chi connectivity index (χ3v) is 2.78. The lowest BCUT2D eigenvalue weighted by Gasteiger charge is -2.19. The van der Waals surface area contributed by atoms with Crippen molar-refractivity contribution >= 4 is 17.2 Å². The maximum Gasteiger partial charge on any atom is 0.263 e. The molecule has 84 valence electrons. The maximum absolute atomic E-state index is 11.7. The monoisotopic (exact) mass is 229 g/mol. The molecule has 0 aromatic carbocycles. The highest BCUT2D eigenvalue weighted by Gasteiger charge is 2.15. The van der Waals surface area contributed by atoms with Gasteiger partial charge in [-0.3, -0.25) is 4.79 Å². The molecule has 5 heteroatoms. The summed E-state index contributed by atoms with van der Waals surface area (Å²) in [5, 5.41) is 11.3. The summed E-state index contributed by atoms with van der Waals surface area (Å²) in [6.07, 6.45) is -0.635. The molecule has 15 heavy (non-hydrogen) atoms. The van der Waals surface area contributed by atoms with Gasteiger partial charge >= 0.3 is 0 Å². The minimum absolute atomic E-state index is 0.0693. The van der Waals surface area contributed by atoms with Crippen molar-refractivity contribution in [1.29, 1.82) is 0 Å². The summed E-state index contributed by atoms with van der Waals surface area (Å²) in [7, 11) is 3.19. The minimum Gasteiger partial charge on any atom is -0.389 e. The first kappa shape index (κ1) is 12.2. The molecule has 0 spiro atoms. The van der Waals surface area contributed by atoms with Crippen LogP contribution in [0.1, 0.15) is 9.67 Å². The van der Waals surface area contributed by atoms with Crippen LogP contribution in [0.2, 0.25) is 0 Å². The summed E-state index contributed by atoms with van der Waals surface area (Å²) < 4.78 is 4.79. The molecule has 4 nitrogen and oxygen atoms in total. The molecule has 1 aromatic rings. The van der Waals surface area contributed by atoms with Crippen LogP contribution < -0.4 is 0 Å². The summed E-state index contributed by atoms with van der Waals surface area (Å²) in [5.41, 5.74) is 0. The Morgan fingerprint density at radius 3 is 3.00 bits per heavy atom. The fourth-order valence-electron chi connectivity index (χ4n) is 1.23. The number of likely N-dealkylation sites (N-methyl/N-ethyl adjacent to an activating group) is 1. The largest absolute Gasteiger partial charge is 0.389 e. The number of nitrogens with zero attached hydrogens (tertiary/aromatic N) is 1. The number of carbonyl (C=O) groups excluding carboxylic acids is 1. The third kappa shape index (κ3) is 3.62. The van der Waals surface area contributed by atoms with Crippen molar-refractivity contribution in [2.24, 2.45) is 0 Å². The lowest BCUT2D eigenvalue weighted by atomic mass is 10.3. The number of hydrogen-bond acceptors (Lipinski definition) is 4. The second-order valence-electron chi connectivity index (χ2n) is 3.27. The van der Waals surface area contributed by atoms with E-state index in [2.05, 4.69) is 0 Å². The van der Waals surface area contributed by atoms with Gasteiger partial charge in [0.15, 0.2) is 0 Å². The van der Waals surface area contributed by atoms with Crippen molar-refractivity contribution in [2.75, 3.05) is 27.3 Å². The molecule has 0 aliphatic carbocycles. The highest BCUT2D eigenvalue weighted by Crippen LogP contribution is 2.11. The van der Waals surface area contributed by atoms with Gasteiger partial charge in [-0.25, -0.2) is 0 Å². The molecule has 0 saturated heterocycles. The maximum atomic E-state index is 11.7. The molecule has 0 aliphatic rings. The molecule has 0 bridgehead atoms. The van der Waals surface area contributed by atoms with Gasteiger partial charge in [-0.1, -0.05) is 6.07 Å². The normalized spacial score (nSPS) is 12.5. The number of aliphatic hydroxyl groups excluding tert-OH is 1. The zero-order valence-corrected chi connectivity index (χ0v) is 9.66. The third-order valence-electron chi connectivity index (χ3n) is 1.92. The number of ether oxygens (including phenoxy) is 1. The fraction of sp³-hybridized carbons (Fsp3) is 0.500. The smallest absolute Gasteiger partial charge is 0.263 e. The van der Waals surface area contributed by atoms with E-state index in [0.717, 1.165) is 0 Å². The number of thiophene rings is 1. The van der Waals surface area contributed by atoms with Crippen LogP contribution in [0.4, 0.5) is 0 Å². The summed E-state index contributed by atoms with van der Waals surface area (Å²) in [6, 6.07) is 3.60. The average molecular weight is 229 g/mol. The van der Waals surface area contributed by atoms with Crippen LogP contribution in [0.15, 0.2) is 17.5 Å². The van der Waals surface area contributed by atoms with Crippen molar-refractivity contribution in [1.82, 2.24) is 4.90 Å². The molecule has 1 N–H and O–H groups in total. The SMILES string of the molecule is COCC(O)CN(C)C(=O)c1cccs1. The first-order chi connectivity index (χ1) is 7.15. The van der Waals surface area contributed by atoms with Crippen molar-refractivity contribution in [3.63, 3.8) is 0 Å². The average Bonchev–Trinajstić information content (AvgIpc) is 2.69. The van der Waals surface area contributed by atoms with E-state index in [1.807, 2.05) is 11.4 Å². The zero-order chi connectivity index (χ0) is 11.3. The van der Waals surface area contributed by atoms with Crippen LogP contribution in [0.5, 0.6) is 0 Å². The summed E-state index contributed by atoms with van der Waals surface area (Å²) in [6.45, 7) is 0.520. The number of carbonyl (C=O) groups is 1. The van der Waals surface area contributed by atoms with Gasteiger partial charge in [-0.2, -0.15) is 0 Å². The first-order valence-electron chi connectivity index (χ1n) is 4.61. The van der Waals surface area contributed by atoms with Crippen LogP contribution in [-0.4, -0.2) is 49.3 Å². The van der Waals surface area contributed by atoms with Gasteiger partial charge in [0, 0.05) is 20.7 Å². The molecule has 1 heterocycles. The van der Waals surface area contributed by atoms with Gasteiger partial charge < -0.3 is 14.7 Å². The quantitative estimate of drug-likeness (QED) is 0.813. The van der Waals surface area contributed by atoms with E-state index < -0.39 is 6.10 Å². The van der Waals surface area contributed by atoms with E-state index in [4.69, 9.17) is 4.74 Å². The Hall–Kier alpha value is -0.910. The Bertz CT molecular complexity index is 300. The number of hydrogen-bond donors (Lipinski definition) is 1. The van der Waals surface area contributed by atoms with Crippen LogP contribution in [0.25, 0.3) is 0 Å². The second-order valence-corrected chi connectivity index (χ2v) is 4.22. The van der Waals surface area contributed by atoms with E-state index >= 15 is 0 Å². The molecule has 1 atom stereocenters. The van der Waals surface area contributed by atoms with E-state index in [-0.39, 0.29) is 19.1 Å². The van der Waals surface area contributed by atoms with Gasteiger partial charge in [0.2, 0.25) is 0 Å². The highest BCUT2D eigenvalue weighted by molar-refractivity contribution is 7.12. The standard InChI is InChI=1S/C10H15NO3S/c1-11(6-8(12)7-14-2)10(13)9-4-3-5-15-9/h3-5,8,12H,6-7H2,1-2H3. The summed E-state index contributed by atoms with van der Waals surface area (Å²) >= 11 is 1.40. The molecular formula is C10H15NO3S. The predicted molar refractivity (Wildman–Crippen MR) is 59.2 cm³/mol. The zero-order valence-electron chi connectivity index (χ0n) is 8.84. The number of methoxy groups -OCH3 is 1. The predicted octanol–water partition coefficient (Wildman–Crippen LogP) is 0.827. The lowest BCUT2D eigenvalue weighted by molar-refractivity contribution is 0.0382. The Labute approximate surface area is 93.1 Å². The van der Waals surface area contributed by atoms with Crippen LogP contribution in [0, 0.1) is 0 Å². The van der Waals surface area contributed by atoms with Crippen LogP contribution >= 0.6 is 11.3 Å². The fourth-order valence-corrected chi connectivity index (χ4v) is 1.95. The second kappa shape index (κ2) is 5.85. The van der Waals surface area contributed by atoms with E-state index in [0.29, 0.717) is 4.88 Å². The Kier molecular flexibility index (Phi) is 4.74. The number of aliphatic hydroxyl groups is 1. The molecule has 1 rings (SSSR count). The van der Waals surface area contributed by atoms with Gasteiger partial charge in [0.05, 0.1) is 17.6 Å². The molecule has 0 aliphatic heterocycles. The van der Waals surface area contributed by atoms with Crippen molar-refractivity contribution in [2.45, 2.75) is 6.10 Å². The summed E-state index contributed by atoms with van der Waals surface area (Å²) in [5.74, 6) is -0.0693.